The fourth-order valence-corrected chi connectivity index (χ4v) is 2.00. The molecule has 1 aromatic rings. The lowest BCUT2D eigenvalue weighted by molar-refractivity contribution is 0.277. The number of fused-ring (bicyclic) bond motifs is 1. The van der Waals surface area contributed by atoms with E-state index in [1.54, 1.807) is 0 Å². The minimum Gasteiger partial charge on any atom is -0.292 e. The Labute approximate surface area is 86.0 Å². The standard InChI is InChI=1S/C9H12BrN3/c1-7(10)5-13-3-2-8-4-11-12-9(8)6-13/h4H,1-3,5-6H2,(H,11,12). The van der Waals surface area contributed by atoms with Crippen molar-refractivity contribution in [1.29, 1.82) is 0 Å². The van der Waals surface area contributed by atoms with Crippen LogP contribution < -0.4 is 0 Å². The summed E-state index contributed by atoms with van der Waals surface area (Å²) >= 11 is 3.38. The molecule has 1 aliphatic rings. The number of halogens is 1. The molecular formula is C9H12BrN3. The van der Waals surface area contributed by atoms with Crippen molar-refractivity contribution >= 4 is 15.9 Å². The van der Waals surface area contributed by atoms with Crippen LogP contribution in [0.15, 0.2) is 17.3 Å². The summed E-state index contributed by atoms with van der Waals surface area (Å²) in [5, 5.41) is 7.06. The van der Waals surface area contributed by atoms with Crippen LogP contribution in [0.2, 0.25) is 0 Å². The molecule has 0 aliphatic carbocycles. The summed E-state index contributed by atoms with van der Waals surface area (Å²) in [5.41, 5.74) is 2.61. The number of rotatable bonds is 2. The summed E-state index contributed by atoms with van der Waals surface area (Å²) in [7, 11) is 0. The van der Waals surface area contributed by atoms with Gasteiger partial charge in [-0.1, -0.05) is 22.5 Å². The van der Waals surface area contributed by atoms with Crippen molar-refractivity contribution in [2.24, 2.45) is 0 Å². The topological polar surface area (TPSA) is 31.9 Å². The van der Waals surface area contributed by atoms with Crippen LogP contribution in [0.1, 0.15) is 11.3 Å². The maximum atomic E-state index is 4.03. The Kier molecular flexibility index (Phi) is 2.51. The Hall–Kier alpha value is -0.610. The molecular weight excluding hydrogens is 230 g/mol. The number of hydrogen-bond donors (Lipinski definition) is 1. The Balaban J connectivity index is 2.04. The Bertz CT molecular complexity index is 318. The molecule has 0 saturated carbocycles. The van der Waals surface area contributed by atoms with Gasteiger partial charge in [0.25, 0.3) is 0 Å². The van der Waals surface area contributed by atoms with Gasteiger partial charge in [0.05, 0.1) is 11.9 Å². The van der Waals surface area contributed by atoms with Crippen molar-refractivity contribution in [3.05, 3.63) is 28.5 Å². The lowest BCUT2D eigenvalue weighted by Crippen LogP contribution is -2.31. The van der Waals surface area contributed by atoms with Gasteiger partial charge in [-0.2, -0.15) is 5.10 Å². The quantitative estimate of drug-likeness (QED) is 0.855. The molecule has 0 saturated heterocycles. The van der Waals surface area contributed by atoms with E-state index in [1.807, 2.05) is 6.20 Å². The van der Waals surface area contributed by atoms with Crippen molar-refractivity contribution < 1.29 is 0 Å². The number of nitrogens with one attached hydrogen (secondary N) is 1. The second-order valence-corrected chi connectivity index (χ2v) is 4.47. The second-order valence-electron chi connectivity index (χ2n) is 3.35. The van der Waals surface area contributed by atoms with Crippen LogP contribution in [0.4, 0.5) is 0 Å². The van der Waals surface area contributed by atoms with Crippen molar-refractivity contribution in [2.75, 3.05) is 13.1 Å². The van der Waals surface area contributed by atoms with Crippen LogP contribution >= 0.6 is 15.9 Å². The van der Waals surface area contributed by atoms with E-state index < -0.39 is 0 Å². The predicted octanol–water partition coefficient (Wildman–Crippen LogP) is 1.68. The molecule has 3 nitrogen and oxygen atoms in total. The van der Waals surface area contributed by atoms with Gasteiger partial charge < -0.3 is 0 Å². The van der Waals surface area contributed by atoms with E-state index >= 15 is 0 Å². The number of aromatic amines is 1. The van der Waals surface area contributed by atoms with Crippen LogP contribution in [0.5, 0.6) is 0 Å². The first-order valence-corrected chi connectivity index (χ1v) is 5.12. The smallest absolute Gasteiger partial charge is 0.0524 e. The number of hydrogen-bond acceptors (Lipinski definition) is 2. The summed E-state index contributed by atoms with van der Waals surface area (Å²) in [4.78, 5) is 2.34. The first-order chi connectivity index (χ1) is 6.25. The molecule has 1 aromatic heterocycles. The summed E-state index contributed by atoms with van der Waals surface area (Å²) in [6.45, 7) is 6.81. The normalized spacial score (nSPS) is 17.0. The SMILES string of the molecule is C=C(Br)CN1CCc2cn[nH]c2C1. The Morgan fingerprint density at radius 3 is 3.38 bits per heavy atom. The van der Waals surface area contributed by atoms with Crippen LogP contribution in [0.3, 0.4) is 0 Å². The first-order valence-electron chi connectivity index (χ1n) is 4.32. The summed E-state index contributed by atoms with van der Waals surface area (Å²) < 4.78 is 1.04. The highest BCUT2D eigenvalue weighted by molar-refractivity contribution is 9.11. The molecule has 0 radical (unpaired) electrons. The van der Waals surface area contributed by atoms with Crippen LogP contribution in [-0.4, -0.2) is 28.2 Å². The number of H-pyrrole nitrogens is 1. The molecule has 70 valence electrons. The van der Waals surface area contributed by atoms with Gasteiger partial charge in [-0.05, 0) is 12.0 Å². The summed E-state index contributed by atoms with van der Waals surface area (Å²) in [6.07, 6.45) is 3.02. The minimum atomic E-state index is 0.915. The van der Waals surface area contributed by atoms with Crippen molar-refractivity contribution in [2.45, 2.75) is 13.0 Å². The van der Waals surface area contributed by atoms with Gasteiger partial charge in [0, 0.05) is 24.1 Å². The molecule has 0 atom stereocenters. The molecule has 2 rings (SSSR count). The summed E-state index contributed by atoms with van der Waals surface area (Å²) in [5.74, 6) is 0. The maximum Gasteiger partial charge on any atom is 0.0524 e. The van der Waals surface area contributed by atoms with E-state index in [0.717, 1.165) is 30.5 Å². The molecule has 0 unspecified atom stereocenters. The van der Waals surface area contributed by atoms with E-state index in [-0.39, 0.29) is 0 Å². The molecule has 2 heterocycles. The number of aromatic nitrogens is 2. The van der Waals surface area contributed by atoms with Crippen LogP contribution in [0, 0.1) is 0 Å². The minimum absolute atomic E-state index is 0.915. The molecule has 13 heavy (non-hydrogen) atoms. The monoisotopic (exact) mass is 241 g/mol. The highest BCUT2D eigenvalue weighted by Gasteiger charge is 2.17. The van der Waals surface area contributed by atoms with E-state index in [0.29, 0.717) is 0 Å². The largest absolute Gasteiger partial charge is 0.292 e. The molecule has 1 N–H and O–H groups in total. The third kappa shape index (κ3) is 2.00. The summed E-state index contributed by atoms with van der Waals surface area (Å²) in [6, 6.07) is 0. The Morgan fingerprint density at radius 1 is 1.77 bits per heavy atom. The highest BCUT2D eigenvalue weighted by Crippen LogP contribution is 2.17. The predicted molar refractivity (Wildman–Crippen MR) is 55.6 cm³/mol. The van der Waals surface area contributed by atoms with Crippen molar-refractivity contribution in [3.8, 4) is 0 Å². The molecule has 0 fully saturated rings. The van der Waals surface area contributed by atoms with Gasteiger partial charge in [0.2, 0.25) is 0 Å². The average Bonchev–Trinajstić information content (AvgIpc) is 2.49. The fourth-order valence-electron chi connectivity index (χ4n) is 1.65. The van der Waals surface area contributed by atoms with E-state index in [9.17, 15) is 0 Å². The second kappa shape index (κ2) is 3.64. The molecule has 0 bridgehead atoms. The molecule has 1 aliphatic heterocycles. The lowest BCUT2D eigenvalue weighted by atomic mass is 10.1. The average molecular weight is 242 g/mol. The zero-order valence-electron chi connectivity index (χ0n) is 7.39. The first kappa shape index (κ1) is 8.97. The highest BCUT2D eigenvalue weighted by atomic mass is 79.9. The number of nitrogens with zero attached hydrogens (tertiary/aromatic N) is 2. The molecule has 0 aromatic carbocycles. The van der Waals surface area contributed by atoms with Gasteiger partial charge in [-0.15, -0.1) is 0 Å². The zero-order valence-corrected chi connectivity index (χ0v) is 8.97. The van der Waals surface area contributed by atoms with Gasteiger partial charge in [0.15, 0.2) is 0 Å². The van der Waals surface area contributed by atoms with Crippen LogP contribution in [0.25, 0.3) is 0 Å². The van der Waals surface area contributed by atoms with Gasteiger partial charge in [-0.25, -0.2) is 0 Å². The molecule has 4 heteroatoms. The molecule has 0 amide bonds. The third-order valence-electron chi connectivity index (χ3n) is 2.28. The van der Waals surface area contributed by atoms with E-state index in [4.69, 9.17) is 0 Å². The van der Waals surface area contributed by atoms with Gasteiger partial charge >= 0.3 is 0 Å². The molecule has 0 spiro atoms. The Morgan fingerprint density at radius 2 is 2.62 bits per heavy atom. The van der Waals surface area contributed by atoms with Crippen molar-refractivity contribution in [3.63, 3.8) is 0 Å². The lowest BCUT2D eigenvalue weighted by Gasteiger charge is -2.25. The fraction of sp³-hybridized carbons (Fsp3) is 0.444. The van der Waals surface area contributed by atoms with E-state index in [1.165, 1.54) is 11.3 Å². The third-order valence-corrected chi connectivity index (χ3v) is 2.53. The van der Waals surface area contributed by atoms with Crippen LogP contribution in [-0.2, 0) is 13.0 Å². The maximum absolute atomic E-state index is 4.03. The van der Waals surface area contributed by atoms with Gasteiger partial charge in [0.1, 0.15) is 0 Å². The van der Waals surface area contributed by atoms with Crippen molar-refractivity contribution in [1.82, 2.24) is 15.1 Å². The zero-order chi connectivity index (χ0) is 9.26. The van der Waals surface area contributed by atoms with Gasteiger partial charge in [-0.3, -0.25) is 10.00 Å². The van der Waals surface area contributed by atoms with E-state index in [2.05, 4.69) is 37.6 Å².